The molecule has 0 aliphatic carbocycles. The van der Waals surface area contributed by atoms with Gasteiger partial charge in [0.25, 0.3) is 0 Å². The molecular weight excluding hydrogens is 480 g/mol. The smallest absolute Gasteiger partial charge is 0.174 e. The third-order valence-electron chi connectivity index (χ3n) is 6.42. The summed E-state index contributed by atoms with van der Waals surface area (Å²) in [7, 11) is 1.65. The average Bonchev–Trinajstić information content (AvgIpc) is 3.36. The van der Waals surface area contributed by atoms with Crippen molar-refractivity contribution in [3.05, 3.63) is 101 Å². The summed E-state index contributed by atoms with van der Waals surface area (Å²) >= 11 is 12.1. The molecule has 0 bridgehead atoms. The molecule has 1 fully saturated rings. The molecule has 35 heavy (non-hydrogen) atoms. The highest BCUT2D eigenvalue weighted by molar-refractivity contribution is 7.80. The number of phenolic OH excluding ortho intramolecular Hbond substituents is 1. The Morgan fingerprint density at radius 2 is 1.83 bits per heavy atom. The van der Waals surface area contributed by atoms with Gasteiger partial charge in [-0.15, -0.1) is 0 Å². The van der Waals surface area contributed by atoms with Crippen LogP contribution in [0.1, 0.15) is 34.7 Å². The van der Waals surface area contributed by atoms with Crippen molar-refractivity contribution in [2.24, 2.45) is 0 Å². The van der Waals surface area contributed by atoms with Crippen molar-refractivity contribution in [3.8, 4) is 17.2 Å². The van der Waals surface area contributed by atoms with Crippen LogP contribution in [0, 0.1) is 13.8 Å². The Morgan fingerprint density at radius 3 is 2.51 bits per heavy atom. The third kappa shape index (κ3) is 4.11. The SMILES string of the molecule is COc1ccc(N2C(=S)N[C@@H](c3ccccn3)[C@H]2c2cc(C)n(-c3cc(Cl)ccc3O)c2C)cc1. The molecule has 6 nitrogen and oxygen atoms in total. The van der Waals surface area contributed by atoms with E-state index in [0.29, 0.717) is 15.8 Å². The van der Waals surface area contributed by atoms with Gasteiger partial charge >= 0.3 is 0 Å². The van der Waals surface area contributed by atoms with Crippen LogP contribution in [-0.2, 0) is 0 Å². The number of anilines is 1. The van der Waals surface area contributed by atoms with Crippen LogP contribution >= 0.6 is 23.8 Å². The van der Waals surface area contributed by atoms with E-state index < -0.39 is 0 Å². The van der Waals surface area contributed by atoms with Crippen LogP contribution in [0.4, 0.5) is 5.69 Å². The Labute approximate surface area is 214 Å². The number of ether oxygens (including phenoxy) is 1. The molecule has 0 amide bonds. The summed E-state index contributed by atoms with van der Waals surface area (Å²) in [6, 6.07) is 20.6. The minimum Gasteiger partial charge on any atom is -0.506 e. The van der Waals surface area contributed by atoms with Gasteiger partial charge in [0.1, 0.15) is 11.5 Å². The molecule has 2 aromatic carbocycles. The number of hydrogen-bond acceptors (Lipinski definition) is 4. The molecule has 2 aromatic heterocycles. The Hall–Kier alpha value is -3.55. The number of rotatable bonds is 5. The number of pyridine rings is 1. The Kier molecular flexibility index (Phi) is 6.13. The molecule has 2 atom stereocenters. The first kappa shape index (κ1) is 23.2. The molecule has 1 aliphatic heterocycles. The lowest BCUT2D eigenvalue weighted by molar-refractivity contribution is 0.415. The van der Waals surface area contributed by atoms with Crippen molar-refractivity contribution in [3.63, 3.8) is 0 Å². The lowest BCUT2D eigenvalue weighted by Gasteiger charge is -2.28. The quantitative estimate of drug-likeness (QED) is 0.323. The lowest BCUT2D eigenvalue weighted by Crippen LogP contribution is -2.29. The normalized spacial score (nSPS) is 17.5. The van der Waals surface area contributed by atoms with Gasteiger partial charge in [-0.1, -0.05) is 17.7 Å². The highest BCUT2D eigenvalue weighted by Gasteiger charge is 2.42. The number of aromatic nitrogens is 2. The first-order valence-corrected chi connectivity index (χ1v) is 12.0. The number of phenols is 1. The van der Waals surface area contributed by atoms with E-state index in [1.165, 1.54) is 0 Å². The largest absolute Gasteiger partial charge is 0.506 e. The summed E-state index contributed by atoms with van der Waals surface area (Å²) in [5.41, 5.74) is 5.50. The van der Waals surface area contributed by atoms with E-state index >= 15 is 0 Å². The fourth-order valence-corrected chi connectivity index (χ4v) is 5.34. The first-order chi connectivity index (χ1) is 16.9. The molecule has 0 radical (unpaired) electrons. The molecule has 1 saturated heterocycles. The monoisotopic (exact) mass is 504 g/mol. The van der Waals surface area contributed by atoms with Crippen LogP contribution in [0.3, 0.4) is 0 Å². The molecule has 0 saturated carbocycles. The van der Waals surface area contributed by atoms with E-state index in [4.69, 9.17) is 28.6 Å². The van der Waals surface area contributed by atoms with E-state index in [1.807, 2.05) is 60.9 Å². The maximum atomic E-state index is 10.6. The van der Waals surface area contributed by atoms with Gasteiger partial charge in [0.05, 0.1) is 30.6 Å². The van der Waals surface area contributed by atoms with E-state index in [1.54, 1.807) is 31.5 Å². The maximum absolute atomic E-state index is 10.6. The second-order valence-corrected chi connectivity index (χ2v) is 9.31. The topological polar surface area (TPSA) is 62.5 Å². The molecular formula is C27H25ClN4O2S. The van der Waals surface area contributed by atoms with Crippen LogP contribution in [0.2, 0.25) is 5.02 Å². The number of nitrogens with zero attached hydrogens (tertiary/aromatic N) is 3. The molecule has 0 unspecified atom stereocenters. The van der Waals surface area contributed by atoms with E-state index in [9.17, 15) is 5.11 Å². The van der Waals surface area contributed by atoms with Gasteiger partial charge in [0.15, 0.2) is 5.11 Å². The van der Waals surface area contributed by atoms with Crippen molar-refractivity contribution in [1.29, 1.82) is 0 Å². The number of methoxy groups -OCH3 is 1. The fourth-order valence-electron chi connectivity index (χ4n) is 4.83. The van der Waals surface area contributed by atoms with Gasteiger partial charge in [0, 0.05) is 28.3 Å². The Bertz CT molecular complexity index is 1390. The molecule has 3 heterocycles. The number of benzene rings is 2. The predicted octanol–water partition coefficient (Wildman–Crippen LogP) is 6.03. The number of thiocarbonyl (C=S) groups is 1. The molecule has 0 spiro atoms. The van der Waals surface area contributed by atoms with Crippen LogP contribution in [0.15, 0.2) is 72.9 Å². The maximum Gasteiger partial charge on any atom is 0.174 e. The molecule has 2 N–H and O–H groups in total. The van der Waals surface area contributed by atoms with Crippen molar-refractivity contribution >= 4 is 34.6 Å². The summed E-state index contributed by atoms with van der Waals surface area (Å²) in [4.78, 5) is 6.76. The zero-order valence-corrected chi connectivity index (χ0v) is 21.1. The van der Waals surface area contributed by atoms with Gasteiger partial charge in [-0.3, -0.25) is 4.98 Å². The average molecular weight is 505 g/mol. The van der Waals surface area contributed by atoms with Crippen molar-refractivity contribution in [1.82, 2.24) is 14.9 Å². The minimum atomic E-state index is -0.174. The highest BCUT2D eigenvalue weighted by atomic mass is 35.5. The summed E-state index contributed by atoms with van der Waals surface area (Å²) in [5.74, 6) is 0.940. The highest BCUT2D eigenvalue weighted by Crippen LogP contribution is 2.44. The second-order valence-electron chi connectivity index (χ2n) is 8.49. The number of halogens is 1. The van der Waals surface area contributed by atoms with Crippen molar-refractivity contribution in [2.75, 3.05) is 12.0 Å². The van der Waals surface area contributed by atoms with Crippen molar-refractivity contribution < 1.29 is 9.84 Å². The molecule has 1 aliphatic rings. The first-order valence-electron chi connectivity index (χ1n) is 11.2. The van der Waals surface area contributed by atoms with E-state index in [2.05, 4.69) is 21.3 Å². The summed E-state index contributed by atoms with van der Waals surface area (Å²) in [5, 5.41) is 15.3. The number of aryl methyl sites for hydroxylation is 1. The van der Waals surface area contributed by atoms with Crippen LogP contribution in [0.5, 0.6) is 11.5 Å². The number of hydrogen-bond donors (Lipinski definition) is 2. The van der Waals surface area contributed by atoms with E-state index in [-0.39, 0.29) is 17.8 Å². The zero-order chi connectivity index (χ0) is 24.7. The number of aromatic hydroxyl groups is 1. The molecule has 4 aromatic rings. The zero-order valence-electron chi connectivity index (χ0n) is 19.6. The standard InChI is InChI=1S/C27H25ClN4O2S/c1-16-14-21(17(2)31(16)23-15-18(28)7-12-24(23)33)26-25(22-6-4-5-13-29-22)30-27(35)32(26)19-8-10-20(34-3)11-9-19/h4-15,25-26,33H,1-3H3,(H,30,35)/t25-,26+/m0/s1. The Morgan fingerprint density at radius 1 is 1.06 bits per heavy atom. The van der Waals surface area contributed by atoms with Crippen LogP contribution in [-0.4, -0.2) is 26.9 Å². The molecule has 5 rings (SSSR count). The van der Waals surface area contributed by atoms with Gasteiger partial charge in [-0.05, 0) is 92.3 Å². The van der Waals surface area contributed by atoms with Gasteiger partial charge < -0.3 is 24.6 Å². The number of nitrogens with one attached hydrogen (secondary N) is 1. The van der Waals surface area contributed by atoms with Gasteiger partial charge in [-0.2, -0.15) is 0 Å². The third-order valence-corrected chi connectivity index (χ3v) is 6.97. The Balaban J connectivity index is 1.68. The predicted molar refractivity (Wildman–Crippen MR) is 143 cm³/mol. The second kappa shape index (κ2) is 9.24. The molecule has 8 heteroatoms. The van der Waals surface area contributed by atoms with Crippen LogP contribution in [0.25, 0.3) is 5.69 Å². The van der Waals surface area contributed by atoms with Gasteiger partial charge in [0.2, 0.25) is 0 Å². The van der Waals surface area contributed by atoms with Gasteiger partial charge in [-0.25, -0.2) is 0 Å². The fraction of sp³-hybridized carbons (Fsp3) is 0.185. The summed E-state index contributed by atoms with van der Waals surface area (Å²) in [6.45, 7) is 4.07. The summed E-state index contributed by atoms with van der Waals surface area (Å²) in [6.07, 6.45) is 1.79. The lowest BCUT2D eigenvalue weighted by atomic mass is 9.96. The minimum absolute atomic E-state index is 0.163. The van der Waals surface area contributed by atoms with Crippen LogP contribution < -0.4 is 15.0 Å². The van der Waals surface area contributed by atoms with E-state index in [0.717, 1.165) is 34.1 Å². The summed E-state index contributed by atoms with van der Waals surface area (Å²) < 4.78 is 7.38. The van der Waals surface area contributed by atoms with Crippen molar-refractivity contribution in [2.45, 2.75) is 25.9 Å². The molecule has 178 valence electrons.